The number of nitrogens with zero attached hydrogens (tertiary/aromatic N) is 1. The Balaban J connectivity index is 2.06. The van der Waals surface area contributed by atoms with Gasteiger partial charge in [-0.3, -0.25) is 4.98 Å². The van der Waals surface area contributed by atoms with Gasteiger partial charge < -0.3 is 10.5 Å². The monoisotopic (exact) mass is 262 g/mol. The maximum absolute atomic E-state index is 5.84. The minimum atomic E-state index is 0.499. The molecule has 4 heteroatoms. The summed E-state index contributed by atoms with van der Waals surface area (Å²) in [4.78, 5) is 3.97. The van der Waals surface area contributed by atoms with Gasteiger partial charge >= 0.3 is 0 Å². The summed E-state index contributed by atoms with van der Waals surface area (Å²) < 4.78 is 5.65. The van der Waals surface area contributed by atoms with Gasteiger partial charge in [-0.15, -0.1) is 0 Å². The largest absolute Gasteiger partial charge is 0.487 e. The lowest BCUT2D eigenvalue weighted by atomic mass is 10.1. The van der Waals surface area contributed by atoms with Gasteiger partial charge in [0.05, 0.1) is 11.2 Å². The van der Waals surface area contributed by atoms with E-state index in [1.165, 1.54) is 5.56 Å². The van der Waals surface area contributed by atoms with Gasteiger partial charge in [-0.05, 0) is 23.6 Å². The second-order valence-electron chi connectivity index (χ2n) is 4.09. The van der Waals surface area contributed by atoms with Crippen LogP contribution in [0.1, 0.15) is 16.7 Å². The lowest BCUT2D eigenvalue weighted by molar-refractivity contribution is 0.304. The summed E-state index contributed by atoms with van der Waals surface area (Å²) >= 11 is 5.84. The zero-order valence-electron chi connectivity index (χ0n) is 10.2. The molecule has 0 unspecified atom stereocenters. The number of pyridine rings is 1. The third kappa shape index (κ3) is 3.22. The van der Waals surface area contributed by atoms with Gasteiger partial charge in [0.1, 0.15) is 12.4 Å². The molecule has 18 heavy (non-hydrogen) atoms. The standard InChI is InChI=1S/C14H15ClN2O/c1-10-4-11(6-16)2-3-12(10)9-18-14-5-13(15)7-17-8-14/h2-5,7-8H,6,9,16H2,1H3. The number of halogens is 1. The van der Waals surface area contributed by atoms with Gasteiger partial charge in [0.2, 0.25) is 0 Å². The molecule has 0 saturated heterocycles. The van der Waals surface area contributed by atoms with Crippen LogP contribution in [0.25, 0.3) is 0 Å². The van der Waals surface area contributed by atoms with Crippen molar-refractivity contribution in [3.63, 3.8) is 0 Å². The lowest BCUT2D eigenvalue weighted by Crippen LogP contribution is -2.01. The molecule has 1 aromatic heterocycles. The summed E-state index contributed by atoms with van der Waals surface area (Å²) in [5.41, 5.74) is 9.03. The minimum absolute atomic E-state index is 0.499. The highest BCUT2D eigenvalue weighted by Crippen LogP contribution is 2.18. The fourth-order valence-electron chi connectivity index (χ4n) is 1.68. The first-order valence-corrected chi connectivity index (χ1v) is 6.08. The zero-order valence-corrected chi connectivity index (χ0v) is 10.9. The summed E-state index contributed by atoms with van der Waals surface area (Å²) in [6.45, 7) is 3.10. The molecule has 94 valence electrons. The van der Waals surface area contributed by atoms with Crippen LogP contribution in [0.3, 0.4) is 0 Å². The van der Waals surface area contributed by atoms with Crippen LogP contribution in [0, 0.1) is 6.92 Å². The zero-order chi connectivity index (χ0) is 13.0. The first-order valence-electron chi connectivity index (χ1n) is 5.71. The molecular formula is C14H15ClN2O. The molecule has 2 aromatic rings. The van der Waals surface area contributed by atoms with Crippen molar-refractivity contribution in [3.05, 3.63) is 58.4 Å². The number of ether oxygens (including phenoxy) is 1. The molecule has 0 saturated carbocycles. The Bertz CT molecular complexity index is 543. The van der Waals surface area contributed by atoms with Crippen molar-refractivity contribution in [1.29, 1.82) is 0 Å². The third-order valence-electron chi connectivity index (χ3n) is 2.72. The lowest BCUT2D eigenvalue weighted by Gasteiger charge is -2.09. The molecule has 0 atom stereocenters. The Morgan fingerprint density at radius 2 is 2.11 bits per heavy atom. The average molecular weight is 263 g/mol. The second kappa shape index (κ2) is 5.85. The topological polar surface area (TPSA) is 48.1 Å². The summed E-state index contributed by atoms with van der Waals surface area (Å²) in [5, 5.41) is 0.572. The number of aromatic nitrogens is 1. The molecule has 3 nitrogen and oxygen atoms in total. The molecule has 2 N–H and O–H groups in total. The van der Waals surface area contributed by atoms with E-state index in [1.54, 1.807) is 18.5 Å². The maximum Gasteiger partial charge on any atom is 0.139 e. The number of nitrogens with two attached hydrogens (primary N) is 1. The molecule has 1 aromatic carbocycles. The molecule has 0 amide bonds. The smallest absolute Gasteiger partial charge is 0.139 e. The molecule has 1 heterocycles. The first-order chi connectivity index (χ1) is 8.69. The Morgan fingerprint density at radius 1 is 1.28 bits per heavy atom. The summed E-state index contributed by atoms with van der Waals surface area (Å²) in [5.74, 6) is 0.671. The number of aryl methyl sites for hydroxylation is 1. The molecule has 0 spiro atoms. The van der Waals surface area contributed by atoms with Gasteiger partial charge in [-0.25, -0.2) is 0 Å². The fraction of sp³-hybridized carbons (Fsp3) is 0.214. The number of hydrogen-bond acceptors (Lipinski definition) is 3. The highest BCUT2D eigenvalue weighted by atomic mass is 35.5. The van der Waals surface area contributed by atoms with E-state index in [0.29, 0.717) is 23.9 Å². The van der Waals surface area contributed by atoms with E-state index in [1.807, 2.05) is 19.1 Å². The minimum Gasteiger partial charge on any atom is -0.487 e. The fourth-order valence-corrected chi connectivity index (χ4v) is 1.84. The third-order valence-corrected chi connectivity index (χ3v) is 2.92. The Kier molecular flexibility index (Phi) is 4.18. The Hall–Kier alpha value is -1.58. The van der Waals surface area contributed by atoms with Gasteiger partial charge in [0, 0.05) is 18.8 Å². The number of benzene rings is 1. The van der Waals surface area contributed by atoms with Crippen LogP contribution in [0.2, 0.25) is 5.02 Å². The van der Waals surface area contributed by atoms with E-state index in [2.05, 4.69) is 11.1 Å². The number of rotatable bonds is 4. The summed E-state index contributed by atoms with van der Waals surface area (Å²) in [6.07, 6.45) is 3.23. The molecule has 0 aliphatic rings. The van der Waals surface area contributed by atoms with Crippen LogP contribution in [0.4, 0.5) is 0 Å². The van der Waals surface area contributed by atoms with Gasteiger partial charge in [0.25, 0.3) is 0 Å². The van der Waals surface area contributed by atoms with Gasteiger partial charge in [0.15, 0.2) is 0 Å². The van der Waals surface area contributed by atoms with Crippen LogP contribution in [0.5, 0.6) is 5.75 Å². The highest BCUT2D eigenvalue weighted by Gasteiger charge is 2.02. The first kappa shape index (κ1) is 12.9. The van der Waals surface area contributed by atoms with Gasteiger partial charge in [-0.1, -0.05) is 29.8 Å². The number of hydrogen-bond donors (Lipinski definition) is 1. The van der Waals surface area contributed by atoms with E-state index in [9.17, 15) is 0 Å². The normalized spacial score (nSPS) is 10.4. The van der Waals surface area contributed by atoms with Crippen LogP contribution in [-0.4, -0.2) is 4.98 Å². The van der Waals surface area contributed by atoms with Crippen molar-refractivity contribution in [1.82, 2.24) is 4.98 Å². The van der Waals surface area contributed by atoms with Crippen molar-refractivity contribution in [2.24, 2.45) is 5.73 Å². The van der Waals surface area contributed by atoms with E-state index in [4.69, 9.17) is 22.1 Å². The van der Waals surface area contributed by atoms with E-state index in [-0.39, 0.29) is 0 Å². The quantitative estimate of drug-likeness (QED) is 0.921. The highest BCUT2D eigenvalue weighted by molar-refractivity contribution is 6.30. The molecule has 0 aliphatic carbocycles. The molecule has 0 fully saturated rings. The van der Waals surface area contributed by atoms with Crippen LogP contribution >= 0.6 is 11.6 Å². The molecule has 2 rings (SSSR count). The maximum atomic E-state index is 5.84. The van der Waals surface area contributed by atoms with Crippen LogP contribution < -0.4 is 10.5 Å². The predicted molar refractivity (Wildman–Crippen MR) is 72.6 cm³/mol. The molecule has 0 aliphatic heterocycles. The second-order valence-corrected chi connectivity index (χ2v) is 4.53. The molecule has 0 bridgehead atoms. The van der Waals surface area contributed by atoms with E-state index < -0.39 is 0 Å². The Morgan fingerprint density at radius 3 is 2.78 bits per heavy atom. The molecular weight excluding hydrogens is 248 g/mol. The van der Waals surface area contributed by atoms with Crippen molar-refractivity contribution in [3.8, 4) is 5.75 Å². The van der Waals surface area contributed by atoms with Gasteiger partial charge in [-0.2, -0.15) is 0 Å². The van der Waals surface area contributed by atoms with Crippen molar-refractivity contribution >= 4 is 11.6 Å². The van der Waals surface area contributed by atoms with Crippen LogP contribution in [-0.2, 0) is 13.2 Å². The molecule has 0 radical (unpaired) electrons. The van der Waals surface area contributed by atoms with E-state index >= 15 is 0 Å². The SMILES string of the molecule is Cc1cc(CN)ccc1COc1cncc(Cl)c1. The summed E-state index contributed by atoms with van der Waals surface area (Å²) in [6, 6.07) is 7.88. The van der Waals surface area contributed by atoms with Crippen molar-refractivity contribution in [2.45, 2.75) is 20.1 Å². The van der Waals surface area contributed by atoms with Crippen molar-refractivity contribution < 1.29 is 4.74 Å². The predicted octanol–water partition coefficient (Wildman–Crippen LogP) is 3.08. The van der Waals surface area contributed by atoms with Crippen molar-refractivity contribution in [2.75, 3.05) is 0 Å². The average Bonchev–Trinajstić information content (AvgIpc) is 2.37. The Labute approximate surface area is 112 Å². The summed E-state index contributed by atoms with van der Waals surface area (Å²) in [7, 11) is 0. The van der Waals surface area contributed by atoms with E-state index in [0.717, 1.165) is 11.1 Å². The van der Waals surface area contributed by atoms with Crippen LogP contribution in [0.15, 0.2) is 36.7 Å².